The molecule has 1 heterocycles. The number of nitro benzene ring substituents is 1. The van der Waals surface area contributed by atoms with Crippen LogP contribution in [-0.4, -0.2) is 21.2 Å². The molecule has 0 amide bonds. The fourth-order valence-corrected chi connectivity index (χ4v) is 3.33. The summed E-state index contributed by atoms with van der Waals surface area (Å²) >= 11 is 18.1. The predicted octanol–water partition coefficient (Wildman–Crippen LogP) is 6.82. The van der Waals surface area contributed by atoms with Crippen LogP contribution in [0.2, 0.25) is 15.1 Å². The Morgan fingerprint density at radius 1 is 1.07 bits per heavy atom. The smallest absolute Gasteiger partial charge is 0.314 e. The van der Waals surface area contributed by atoms with Gasteiger partial charge in [-0.2, -0.15) is 0 Å². The van der Waals surface area contributed by atoms with Gasteiger partial charge in [0.15, 0.2) is 5.58 Å². The second-order valence-electron chi connectivity index (χ2n) is 6.18. The molecule has 1 N–H and O–H groups in total. The van der Waals surface area contributed by atoms with Crippen molar-refractivity contribution >= 4 is 63.5 Å². The molecule has 0 fully saturated rings. The SMILES string of the molecule is O=[N+]([O-])c1cc(Cl)cc(N=Cc2ccc3oc(-c4cc(Cl)ccc4Cl)nc3c2)c1O. The molecule has 7 nitrogen and oxygen atoms in total. The molecule has 4 rings (SSSR count). The molecule has 0 aliphatic rings. The van der Waals surface area contributed by atoms with E-state index in [0.717, 1.165) is 6.07 Å². The molecule has 0 unspecified atom stereocenters. The number of hydrogen-bond acceptors (Lipinski definition) is 6. The summed E-state index contributed by atoms with van der Waals surface area (Å²) in [6, 6.07) is 12.5. The van der Waals surface area contributed by atoms with Crippen LogP contribution in [0.15, 0.2) is 57.9 Å². The number of fused-ring (bicyclic) bond motifs is 1. The summed E-state index contributed by atoms with van der Waals surface area (Å²) in [6.45, 7) is 0. The lowest BCUT2D eigenvalue weighted by molar-refractivity contribution is -0.385. The molecule has 10 heteroatoms. The molecule has 0 bridgehead atoms. The van der Waals surface area contributed by atoms with Crippen molar-refractivity contribution in [2.75, 3.05) is 0 Å². The number of phenolic OH excluding ortho intramolecular Hbond substituents is 1. The maximum atomic E-state index is 11.0. The Kier molecular flexibility index (Phi) is 5.34. The van der Waals surface area contributed by atoms with Crippen molar-refractivity contribution in [3.05, 3.63) is 79.3 Å². The van der Waals surface area contributed by atoms with Gasteiger partial charge in [0.05, 0.1) is 15.5 Å². The van der Waals surface area contributed by atoms with Gasteiger partial charge in [0.1, 0.15) is 11.2 Å². The Morgan fingerprint density at radius 2 is 1.87 bits per heavy atom. The van der Waals surface area contributed by atoms with Crippen LogP contribution in [0.5, 0.6) is 5.75 Å². The summed E-state index contributed by atoms with van der Waals surface area (Å²) in [5, 5.41) is 22.1. The minimum absolute atomic E-state index is 0.0270. The number of aliphatic imine (C=N–C) groups is 1. The van der Waals surface area contributed by atoms with E-state index >= 15 is 0 Å². The van der Waals surface area contributed by atoms with Crippen molar-refractivity contribution in [2.24, 2.45) is 4.99 Å². The summed E-state index contributed by atoms with van der Waals surface area (Å²) in [5.41, 5.74) is 1.71. The van der Waals surface area contributed by atoms with E-state index in [-0.39, 0.29) is 10.7 Å². The highest BCUT2D eigenvalue weighted by Crippen LogP contribution is 2.39. The Hall–Kier alpha value is -3.13. The third-order valence-electron chi connectivity index (χ3n) is 4.15. The van der Waals surface area contributed by atoms with Gasteiger partial charge in [-0.15, -0.1) is 0 Å². The Labute approximate surface area is 184 Å². The third kappa shape index (κ3) is 3.95. The van der Waals surface area contributed by atoms with E-state index < -0.39 is 16.4 Å². The van der Waals surface area contributed by atoms with Crippen molar-refractivity contribution < 1.29 is 14.4 Å². The summed E-state index contributed by atoms with van der Waals surface area (Å²) in [7, 11) is 0. The lowest BCUT2D eigenvalue weighted by atomic mass is 10.2. The summed E-state index contributed by atoms with van der Waals surface area (Å²) in [6.07, 6.45) is 1.43. The Balaban J connectivity index is 1.70. The molecule has 0 atom stereocenters. The van der Waals surface area contributed by atoms with Crippen molar-refractivity contribution in [3.8, 4) is 17.2 Å². The number of halogens is 3. The van der Waals surface area contributed by atoms with Gasteiger partial charge >= 0.3 is 5.69 Å². The van der Waals surface area contributed by atoms with Crippen molar-refractivity contribution in [1.29, 1.82) is 0 Å². The van der Waals surface area contributed by atoms with E-state index in [0.29, 0.717) is 38.2 Å². The molecule has 0 saturated heterocycles. The fraction of sp³-hybridized carbons (Fsp3) is 0. The minimum Gasteiger partial charge on any atom is -0.501 e. The maximum Gasteiger partial charge on any atom is 0.314 e. The van der Waals surface area contributed by atoms with Crippen LogP contribution >= 0.6 is 34.8 Å². The third-order valence-corrected chi connectivity index (χ3v) is 4.94. The second kappa shape index (κ2) is 7.95. The van der Waals surface area contributed by atoms with Crippen LogP contribution < -0.4 is 0 Å². The van der Waals surface area contributed by atoms with Gasteiger partial charge in [0.25, 0.3) is 0 Å². The number of nitrogens with zero attached hydrogens (tertiary/aromatic N) is 3. The molecule has 0 saturated carbocycles. The van der Waals surface area contributed by atoms with Gasteiger partial charge in [0.2, 0.25) is 11.6 Å². The van der Waals surface area contributed by atoms with Crippen LogP contribution in [0.1, 0.15) is 5.56 Å². The van der Waals surface area contributed by atoms with Crippen LogP contribution in [0.4, 0.5) is 11.4 Å². The van der Waals surface area contributed by atoms with E-state index in [4.69, 9.17) is 39.2 Å². The van der Waals surface area contributed by atoms with E-state index in [1.165, 1.54) is 12.3 Å². The Bertz CT molecular complexity index is 1330. The first-order valence-corrected chi connectivity index (χ1v) is 9.52. The Morgan fingerprint density at radius 3 is 2.63 bits per heavy atom. The standard InChI is InChI=1S/C20H10Cl3N3O4/c21-11-2-3-14(23)13(6-11)20-25-15-5-10(1-4-18(15)30-20)9-24-16-7-12(22)8-17(19(16)27)26(28)29/h1-9,27H. The average molecular weight is 463 g/mol. The van der Waals surface area contributed by atoms with Crippen LogP contribution in [0.25, 0.3) is 22.6 Å². The van der Waals surface area contributed by atoms with E-state index in [1.807, 2.05) is 0 Å². The molecule has 0 radical (unpaired) electrons. The van der Waals surface area contributed by atoms with Gasteiger partial charge < -0.3 is 9.52 Å². The highest BCUT2D eigenvalue weighted by atomic mass is 35.5. The van der Waals surface area contributed by atoms with Crippen molar-refractivity contribution in [3.63, 3.8) is 0 Å². The molecule has 150 valence electrons. The first-order chi connectivity index (χ1) is 14.3. The zero-order valence-electron chi connectivity index (χ0n) is 14.8. The molecular formula is C20H10Cl3N3O4. The molecule has 1 aromatic heterocycles. The van der Waals surface area contributed by atoms with Gasteiger partial charge in [-0.3, -0.25) is 15.1 Å². The maximum absolute atomic E-state index is 11.0. The molecule has 3 aromatic carbocycles. The van der Waals surface area contributed by atoms with Gasteiger partial charge in [-0.25, -0.2) is 4.98 Å². The van der Waals surface area contributed by atoms with Gasteiger partial charge in [-0.05, 0) is 48.0 Å². The quantitative estimate of drug-likeness (QED) is 0.204. The summed E-state index contributed by atoms with van der Waals surface area (Å²) in [4.78, 5) is 18.8. The van der Waals surface area contributed by atoms with E-state index in [2.05, 4.69) is 9.98 Å². The first-order valence-electron chi connectivity index (χ1n) is 8.39. The van der Waals surface area contributed by atoms with Crippen molar-refractivity contribution in [1.82, 2.24) is 4.98 Å². The lowest BCUT2D eigenvalue weighted by Gasteiger charge is -2.01. The topological polar surface area (TPSA) is 102 Å². The monoisotopic (exact) mass is 461 g/mol. The number of oxazole rings is 1. The number of phenols is 1. The van der Waals surface area contributed by atoms with Gasteiger partial charge in [0, 0.05) is 22.3 Å². The van der Waals surface area contributed by atoms with E-state index in [9.17, 15) is 15.2 Å². The highest BCUT2D eigenvalue weighted by Gasteiger charge is 2.18. The largest absolute Gasteiger partial charge is 0.501 e. The first kappa shape index (κ1) is 20.2. The molecule has 0 aliphatic carbocycles. The zero-order valence-corrected chi connectivity index (χ0v) is 17.1. The predicted molar refractivity (Wildman–Crippen MR) is 116 cm³/mol. The number of benzene rings is 3. The number of rotatable bonds is 4. The van der Waals surface area contributed by atoms with Crippen LogP contribution in [0.3, 0.4) is 0 Å². The summed E-state index contributed by atoms with van der Waals surface area (Å²) < 4.78 is 5.75. The number of hydrogen-bond donors (Lipinski definition) is 1. The van der Waals surface area contributed by atoms with E-state index in [1.54, 1.807) is 36.4 Å². The average Bonchev–Trinajstić information content (AvgIpc) is 3.13. The molecule has 30 heavy (non-hydrogen) atoms. The van der Waals surface area contributed by atoms with Crippen LogP contribution in [0, 0.1) is 10.1 Å². The molecular weight excluding hydrogens is 453 g/mol. The molecule has 4 aromatic rings. The second-order valence-corrected chi connectivity index (χ2v) is 7.46. The molecule has 0 spiro atoms. The summed E-state index contributed by atoms with van der Waals surface area (Å²) in [5.74, 6) is -0.254. The highest BCUT2D eigenvalue weighted by molar-refractivity contribution is 6.35. The van der Waals surface area contributed by atoms with Crippen molar-refractivity contribution in [2.45, 2.75) is 0 Å². The lowest BCUT2D eigenvalue weighted by Crippen LogP contribution is -1.89. The van der Waals surface area contributed by atoms with Gasteiger partial charge in [-0.1, -0.05) is 34.8 Å². The normalized spacial score (nSPS) is 11.4. The number of aromatic nitrogens is 1. The molecule has 0 aliphatic heterocycles. The minimum atomic E-state index is -0.732. The zero-order chi connectivity index (χ0) is 21.4. The fourth-order valence-electron chi connectivity index (χ4n) is 2.75. The number of nitro groups is 1. The number of aromatic hydroxyl groups is 1. The van der Waals surface area contributed by atoms with Crippen LogP contribution in [-0.2, 0) is 0 Å².